The minimum Gasteiger partial charge on any atom is -0.479 e. The zero-order valence-electron chi connectivity index (χ0n) is 13.7. The van der Waals surface area contributed by atoms with E-state index in [0.717, 1.165) is 16.3 Å². The Morgan fingerprint density at radius 3 is 2.58 bits per heavy atom. The van der Waals surface area contributed by atoms with Gasteiger partial charge in [-0.1, -0.05) is 54.4 Å². The van der Waals surface area contributed by atoms with Crippen LogP contribution in [0, 0.1) is 0 Å². The number of carboxylic acids is 1. The van der Waals surface area contributed by atoms with Gasteiger partial charge in [-0.2, -0.15) is 4.31 Å². The van der Waals surface area contributed by atoms with Crippen molar-refractivity contribution in [3.63, 3.8) is 0 Å². The molecule has 2 N–H and O–H groups in total. The maximum Gasteiger partial charge on any atom is 0.342 e. The number of aliphatic carboxylic acids is 1. The lowest BCUT2D eigenvalue weighted by Gasteiger charge is -2.35. The molecule has 0 saturated carbocycles. The highest BCUT2D eigenvalue weighted by Gasteiger charge is 2.43. The van der Waals surface area contributed by atoms with E-state index in [9.17, 15) is 18.3 Å². The second kappa shape index (κ2) is 7.08. The Bertz CT molecular complexity index is 979. The van der Waals surface area contributed by atoms with Gasteiger partial charge < -0.3 is 10.4 Å². The number of benzene rings is 2. The third-order valence-electron chi connectivity index (χ3n) is 4.13. The molecule has 6 nitrogen and oxygen atoms in total. The molecule has 0 bridgehead atoms. The molecule has 2 aromatic rings. The predicted molar refractivity (Wildman–Crippen MR) is 100 cm³/mol. The van der Waals surface area contributed by atoms with Crippen LogP contribution < -0.4 is 5.32 Å². The number of sulfonamides is 1. The molecule has 0 fully saturated rings. The second-order valence-corrected chi connectivity index (χ2v) is 8.54. The molecule has 1 unspecified atom stereocenters. The molecule has 138 valence electrons. The molecule has 2 aromatic carbocycles. The van der Waals surface area contributed by atoms with Crippen LogP contribution in [0.2, 0.25) is 10.0 Å². The number of carbonyl (C=O) groups is 1. The van der Waals surface area contributed by atoms with Crippen LogP contribution in [-0.4, -0.2) is 30.0 Å². The van der Waals surface area contributed by atoms with Gasteiger partial charge in [0.2, 0.25) is 10.0 Å². The molecule has 0 radical (unpaired) electrons. The Morgan fingerprint density at radius 1 is 1.23 bits per heavy atom. The molecule has 1 heterocycles. The average Bonchev–Trinajstić information content (AvgIpc) is 2.56. The van der Waals surface area contributed by atoms with Crippen LogP contribution in [0.4, 0.5) is 5.69 Å². The van der Waals surface area contributed by atoms with E-state index in [4.69, 9.17) is 23.2 Å². The Kier molecular flexibility index (Phi) is 5.16. The fraction of sp³-hybridized carbons (Fsp3) is 0.235. The van der Waals surface area contributed by atoms with Crippen molar-refractivity contribution in [2.24, 2.45) is 0 Å². The molecule has 9 heteroatoms. The Hall–Kier alpha value is -1.80. The third kappa shape index (κ3) is 3.40. The van der Waals surface area contributed by atoms with Crippen LogP contribution >= 0.6 is 23.2 Å². The number of carboxylic acid groups (broad SMARTS) is 1. The van der Waals surface area contributed by atoms with Gasteiger partial charge in [0.25, 0.3) is 0 Å². The monoisotopic (exact) mass is 414 g/mol. The van der Waals surface area contributed by atoms with Gasteiger partial charge in [0.05, 0.1) is 10.7 Å². The van der Waals surface area contributed by atoms with Crippen LogP contribution in [0.5, 0.6) is 0 Å². The molecular weight excluding hydrogens is 399 g/mol. The summed E-state index contributed by atoms with van der Waals surface area (Å²) in [5.74, 6) is -1.32. The Balaban J connectivity index is 2.11. The number of rotatable bonds is 4. The van der Waals surface area contributed by atoms with Crippen molar-refractivity contribution in [1.82, 2.24) is 4.31 Å². The first-order chi connectivity index (χ1) is 12.2. The van der Waals surface area contributed by atoms with E-state index in [0.29, 0.717) is 5.56 Å². The predicted octanol–water partition coefficient (Wildman–Crippen LogP) is 3.58. The maximum absolute atomic E-state index is 13.1. The number of hydrogen-bond donors (Lipinski definition) is 2. The summed E-state index contributed by atoms with van der Waals surface area (Å²) in [7, 11) is -4.14. The summed E-state index contributed by atoms with van der Waals surface area (Å²) in [6.45, 7) is 1.89. The summed E-state index contributed by atoms with van der Waals surface area (Å²) in [5, 5.41) is 12.4. The van der Waals surface area contributed by atoms with Crippen LogP contribution in [0.3, 0.4) is 0 Å². The van der Waals surface area contributed by atoms with Gasteiger partial charge in [0, 0.05) is 11.6 Å². The highest BCUT2D eigenvalue weighted by Crippen LogP contribution is 2.39. The van der Waals surface area contributed by atoms with E-state index in [1.807, 2.05) is 25.1 Å². The summed E-state index contributed by atoms with van der Waals surface area (Å²) < 4.78 is 27.1. The third-order valence-corrected chi connectivity index (χ3v) is 6.67. The van der Waals surface area contributed by atoms with Gasteiger partial charge in [0.1, 0.15) is 4.90 Å². The molecule has 3 rings (SSSR count). The highest BCUT2D eigenvalue weighted by molar-refractivity contribution is 7.89. The zero-order chi connectivity index (χ0) is 19.1. The molecular formula is C17H16Cl2N2O4S. The van der Waals surface area contributed by atoms with E-state index >= 15 is 0 Å². The number of fused-ring (bicyclic) bond motifs is 1. The Labute approximate surface area is 161 Å². The highest BCUT2D eigenvalue weighted by atomic mass is 35.5. The standard InChI is InChI=1S/C17H16Cl2N2O4S/c1-2-10-4-3-5-11(6-10)9-21-16(17(22)23)20-14-8-12(18)7-13(19)15(14)26(21,24)25/h3-8,16,20H,2,9H2,1H3,(H,22,23). The fourth-order valence-electron chi connectivity index (χ4n) is 2.89. The van der Waals surface area contributed by atoms with Gasteiger partial charge >= 0.3 is 5.97 Å². The molecule has 0 aromatic heterocycles. The minimum atomic E-state index is -4.14. The summed E-state index contributed by atoms with van der Waals surface area (Å²) in [6, 6.07) is 10.0. The van der Waals surface area contributed by atoms with Crippen molar-refractivity contribution in [3.05, 3.63) is 57.6 Å². The van der Waals surface area contributed by atoms with Crippen molar-refractivity contribution in [1.29, 1.82) is 0 Å². The first-order valence-electron chi connectivity index (χ1n) is 7.82. The summed E-state index contributed by atoms with van der Waals surface area (Å²) >= 11 is 12.0. The topological polar surface area (TPSA) is 86.7 Å². The van der Waals surface area contributed by atoms with Crippen LogP contribution in [0.15, 0.2) is 41.3 Å². The number of anilines is 1. The Morgan fingerprint density at radius 2 is 1.92 bits per heavy atom. The lowest BCUT2D eigenvalue weighted by atomic mass is 10.1. The number of hydrogen-bond acceptors (Lipinski definition) is 4. The van der Waals surface area contributed by atoms with E-state index in [-0.39, 0.29) is 27.2 Å². The summed E-state index contributed by atoms with van der Waals surface area (Å²) in [5.41, 5.74) is 1.80. The van der Waals surface area contributed by atoms with Crippen molar-refractivity contribution in [2.75, 3.05) is 5.32 Å². The number of halogens is 2. The van der Waals surface area contributed by atoms with Gasteiger partial charge in [-0.25, -0.2) is 13.2 Å². The summed E-state index contributed by atoms with van der Waals surface area (Å²) in [4.78, 5) is 11.5. The first kappa shape index (κ1) is 19.0. The van der Waals surface area contributed by atoms with Crippen molar-refractivity contribution < 1.29 is 18.3 Å². The van der Waals surface area contributed by atoms with E-state index < -0.39 is 22.2 Å². The first-order valence-corrected chi connectivity index (χ1v) is 10.0. The molecule has 0 aliphatic carbocycles. The number of nitrogens with zero attached hydrogens (tertiary/aromatic N) is 1. The number of nitrogens with one attached hydrogen (secondary N) is 1. The molecule has 0 spiro atoms. The molecule has 1 aliphatic heterocycles. The molecule has 1 atom stereocenters. The van der Waals surface area contributed by atoms with Gasteiger partial charge in [-0.15, -0.1) is 0 Å². The van der Waals surface area contributed by atoms with Crippen LogP contribution in [0.1, 0.15) is 18.1 Å². The number of aryl methyl sites for hydroxylation is 1. The van der Waals surface area contributed by atoms with Gasteiger partial charge in [-0.3, -0.25) is 0 Å². The lowest BCUT2D eigenvalue weighted by Crippen LogP contribution is -2.52. The largest absolute Gasteiger partial charge is 0.479 e. The van der Waals surface area contributed by atoms with E-state index in [2.05, 4.69) is 5.32 Å². The van der Waals surface area contributed by atoms with Crippen molar-refractivity contribution in [3.8, 4) is 0 Å². The molecule has 26 heavy (non-hydrogen) atoms. The summed E-state index contributed by atoms with van der Waals surface area (Å²) in [6.07, 6.45) is -0.679. The van der Waals surface area contributed by atoms with Crippen molar-refractivity contribution in [2.45, 2.75) is 31.0 Å². The van der Waals surface area contributed by atoms with Crippen molar-refractivity contribution >= 4 is 44.9 Å². The van der Waals surface area contributed by atoms with Crippen LogP contribution in [0.25, 0.3) is 0 Å². The average molecular weight is 415 g/mol. The smallest absolute Gasteiger partial charge is 0.342 e. The minimum absolute atomic E-state index is 0.0591. The van der Waals surface area contributed by atoms with E-state index in [1.165, 1.54) is 12.1 Å². The lowest BCUT2D eigenvalue weighted by molar-refractivity contribution is -0.140. The molecule has 1 aliphatic rings. The maximum atomic E-state index is 13.1. The zero-order valence-corrected chi connectivity index (χ0v) is 16.1. The fourth-order valence-corrected chi connectivity index (χ4v) is 5.36. The molecule has 0 amide bonds. The molecule has 0 saturated heterocycles. The second-order valence-electron chi connectivity index (χ2n) is 5.87. The van der Waals surface area contributed by atoms with Crippen LogP contribution in [-0.2, 0) is 27.8 Å². The normalized spacial score (nSPS) is 18.8. The SMILES string of the molecule is CCc1cccc(CN2C(C(=O)O)Nc3cc(Cl)cc(Cl)c3S2(=O)=O)c1. The quantitative estimate of drug-likeness (QED) is 0.797. The van der Waals surface area contributed by atoms with E-state index in [1.54, 1.807) is 6.07 Å². The van der Waals surface area contributed by atoms with Gasteiger partial charge in [-0.05, 0) is 29.7 Å². The van der Waals surface area contributed by atoms with Gasteiger partial charge in [0.15, 0.2) is 6.17 Å².